The Labute approximate surface area is 102 Å². The van der Waals surface area contributed by atoms with Gasteiger partial charge in [-0.25, -0.2) is 4.72 Å². The van der Waals surface area contributed by atoms with Crippen LogP contribution in [-0.2, 0) is 10.2 Å². The molecule has 0 aromatic heterocycles. The van der Waals surface area contributed by atoms with Crippen molar-refractivity contribution in [2.75, 3.05) is 6.54 Å². The van der Waals surface area contributed by atoms with Crippen LogP contribution in [0, 0.1) is 0 Å². The monoisotopic (exact) mass is 264 g/mol. The average molecular weight is 264 g/mol. The highest BCUT2D eigenvalue weighted by Gasteiger charge is 2.41. The average Bonchev–Trinajstić information content (AvgIpc) is 2.74. The lowest BCUT2D eigenvalue weighted by molar-refractivity contribution is 0.309. The first-order chi connectivity index (χ1) is 7.96. The highest BCUT2D eigenvalue weighted by atomic mass is 32.2. The van der Waals surface area contributed by atoms with Crippen LogP contribution in [0.15, 0.2) is 5.16 Å². The van der Waals surface area contributed by atoms with E-state index in [9.17, 15) is 8.42 Å². The van der Waals surface area contributed by atoms with E-state index in [1.54, 1.807) is 0 Å². The summed E-state index contributed by atoms with van der Waals surface area (Å²) < 4.78 is 28.4. The van der Waals surface area contributed by atoms with Gasteiger partial charge in [0.2, 0.25) is 0 Å². The van der Waals surface area contributed by atoms with Crippen molar-refractivity contribution in [3.8, 4) is 0 Å². The van der Waals surface area contributed by atoms with E-state index in [0.29, 0.717) is 25.8 Å². The fourth-order valence-electron chi connectivity index (χ4n) is 2.01. The molecule has 7 nitrogen and oxygen atoms in total. The van der Waals surface area contributed by atoms with Crippen molar-refractivity contribution >= 4 is 16.0 Å². The number of oxime groups is 1. The number of amidine groups is 1. The van der Waals surface area contributed by atoms with Gasteiger partial charge in [-0.15, -0.1) is 0 Å². The Morgan fingerprint density at radius 3 is 2.53 bits per heavy atom. The Bertz CT molecular complexity index is 374. The molecule has 1 aliphatic carbocycles. The zero-order valence-corrected chi connectivity index (χ0v) is 10.8. The van der Waals surface area contributed by atoms with Crippen LogP contribution in [0.3, 0.4) is 0 Å². The molecule has 0 bridgehead atoms. The van der Waals surface area contributed by atoms with E-state index in [1.807, 2.05) is 6.92 Å². The van der Waals surface area contributed by atoms with E-state index < -0.39 is 15.7 Å². The predicted molar refractivity (Wildman–Crippen MR) is 65.0 cm³/mol. The van der Waals surface area contributed by atoms with E-state index in [1.165, 1.54) is 0 Å². The molecule has 1 fully saturated rings. The van der Waals surface area contributed by atoms with Gasteiger partial charge in [0.1, 0.15) is 0 Å². The Morgan fingerprint density at radius 2 is 2.06 bits per heavy atom. The first-order valence-corrected chi connectivity index (χ1v) is 7.20. The molecule has 0 aliphatic heterocycles. The Morgan fingerprint density at radius 1 is 1.47 bits per heavy atom. The highest BCUT2D eigenvalue weighted by molar-refractivity contribution is 7.87. The smallest absolute Gasteiger partial charge is 0.277 e. The molecule has 100 valence electrons. The van der Waals surface area contributed by atoms with Crippen molar-refractivity contribution in [2.24, 2.45) is 10.9 Å². The normalized spacial score (nSPS) is 20.6. The number of hydrogen-bond donors (Lipinski definition) is 4. The molecule has 0 aromatic rings. The van der Waals surface area contributed by atoms with Crippen LogP contribution < -0.4 is 15.2 Å². The van der Waals surface area contributed by atoms with Crippen LogP contribution in [0.5, 0.6) is 0 Å². The van der Waals surface area contributed by atoms with Crippen molar-refractivity contribution in [2.45, 2.75) is 44.6 Å². The van der Waals surface area contributed by atoms with Crippen LogP contribution in [-0.4, -0.2) is 31.5 Å². The molecule has 0 spiro atoms. The standard InChI is InChI=1S/C9H20N4O3S/c1-2-7-11-17(15,16)13-9(8(10)12-14)5-3-4-6-9/h11,13-14H,2-7H2,1H3,(H2,10,12). The summed E-state index contributed by atoms with van der Waals surface area (Å²) in [5.41, 5.74) is 4.66. The van der Waals surface area contributed by atoms with Crippen molar-refractivity contribution in [3.63, 3.8) is 0 Å². The minimum atomic E-state index is -3.61. The van der Waals surface area contributed by atoms with Gasteiger partial charge < -0.3 is 10.9 Å². The fourth-order valence-corrected chi connectivity index (χ4v) is 3.38. The Hall–Kier alpha value is -0.860. The first-order valence-electron chi connectivity index (χ1n) is 5.72. The van der Waals surface area contributed by atoms with Gasteiger partial charge in [-0.3, -0.25) is 0 Å². The summed E-state index contributed by atoms with van der Waals surface area (Å²) in [4.78, 5) is 0. The van der Waals surface area contributed by atoms with E-state index in [2.05, 4.69) is 14.6 Å². The van der Waals surface area contributed by atoms with Gasteiger partial charge in [0.25, 0.3) is 10.2 Å². The molecule has 5 N–H and O–H groups in total. The maximum Gasteiger partial charge on any atom is 0.277 e. The van der Waals surface area contributed by atoms with Crippen LogP contribution in [0.2, 0.25) is 0 Å². The van der Waals surface area contributed by atoms with Gasteiger partial charge in [-0.2, -0.15) is 13.1 Å². The summed E-state index contributed by atoms with van der Waals surface area (Å²) in [6.07, 6.45) is 3.52. The summed E-state index contributed by atoms with van der Waals surface area (Å²) >= 11 is 0. The number of nitrogens with zero attached hydrogens (tertiary/aromatic N) is 1. The lowest BCUT2D eigenvalue weighted by Crippen LogP contribution is -2.58. The third kappa shape index (κ3) is 3.55. The largest absolute Gasteiger partial charge is 0.409 e. The number of rotatable bonds is 6. The third-order valence-corrected chi connectivity index (χ3v) is 4.17. The van der Waals surface area contributed by atoms with Gasteiger partial charge >= 0.3 is 0 Å². The van der Waals surface area contributed by atoms with Crippen LogP contribution in [0.1, 0.15) is 39.0 Å². The maximum atomic E-state index is 11.8. The van der Waals surface area contributed by atoms with E-state index in [-0.39, 0.29) is 5.84 Å². The number of nitrogens with one attached hydrogen (secondary N) is 2. The second-order valence-electron chi connectivity index (χ2n) is 4.27. The highest BCUT2D eigenvalue weighted by Crippen LogP contribution is 2.30. The van der Waals surface area contributed by atoms with Gasteiger partial charge in [0.15, 0.2) is 5.84 Å². The molecule has 8 heteroatoms. The number of nitrogens with two attached hydrogens (primary N) is 1. The summed E-state index contributed by atoms with van der Waals surface area (Å²) in [5, 5.41) is 11.7. The quantitative estimate of drug-likeness (QED) is 0.231. The SMILES string of the molecule is CCCNS(=O)(=O)NC1(C(N)=NO)CCCC1. The van der Waals surface area contributed by atoms with E-state index in [4.69, 9.17) is 10.9 Å². The third-order valence-electron chi connectivity index (χ3n) is 2.93. The van der Waals surface area contributed by atoms with Gasteiger partial charge in [-0.1, -0.05) is 24.9 Å². The van der Waals surface area contributed by atoms with Crippen molar-refractivity contribution in [1.29, 1.82) is 0 Å². The van der Waals surface area contributed by atoms with Gasteiger partial charge in [0, 0.05) is 6.54 Å². The van der Waals surface area contributed by atoms with E-state index >= 15 is 0 Å². The lowest BCUT2D eigenvalue weighted by Gasteiger charge is -2.28. The van der Waals surface area contributed by atoms with Crippen LogP contribution in [0.4, 0.5) is 0 Å². The molecule has 1 saturated carbocycles. The molecule has 17 heavy (non-hydrogen) atoms. The summed E-state index contributed by atoms with van der Waals surface area (Å²) in [6, 6.07) is 0. The predicted octanol–water partition coefficient (Wildman–Crippen LogP) is -0.120. The molecule has 1 aliphatic rings. The van der Waals surface area contributed by atoms with Crippen molar-refractivity contribution in [1.82, 2.24) is 9.44 Å². The summed E-state index contributed by atoms with van der Waals surface area (Å²) in [6.45, 7) is 2.24. The molecule has 0 heterocycles. The molecular formula is C9H20N4O3S. The molecular weight excluding hydrogens is 244 g/mol. The lowest BCUT2D eigenvalue weighted by atomic mass is 9.98. The minimum absolute atomic E-state index is 0.0723. The molecule has 0 aromatic carbocycles. The zero-order valence-electron chi connectivity index (χ0n) is 9.94. The first kappa shape index (κ1) is 14.2. The summed E-state index contributed by atoms with van der Waals surface area (Å²) in [5.74, 6) is -0.0723. The molecule has 1 rings (SSSR count). The number of hydrogen-bond acceptors (Lipinski definition) is 4. The zero-order chi connectivity index (χ0) is 12.9. The van der Waals surface area contributed by atoms with E-state index in [0.717, 1.165) is 12.8 Å². The Kier molecular flexibility index (Phi) is 4.72. The minimum Gasteiger partial charge on any atom is -0.409 e. The molecule has 0 atom stereocenters. The molecule has 0 saturated heterocycles. The second-order valence-corrected chi connectivity index (χ2v) is 5.77. The Balaban J connectivity index is 2.81. The molecule has 0 radical (unpaired) electrons. The summed E-state index contributed by atoms with van der Waals surface area (Å²) in [7, 11) is -3.61. The maximum absolute atomic E-state index is 11.8. The van der Waals surface area contributed by atoms with Gasteiger partial charge in [-0.05, 0) is 19.3 Å². The fraction of sp³-hybridized carbons (Fsp3) is 0.889. The van der Waals surface area contributed by atoms with Crippen LogP contribution >= 0.6 is 0 Å². The van der Waals surface area contributed by atoms with Crippen molar-refractivity contribution in [3.05, 3.63) is 0 Å². The second kappa shape index (κ2) is 5.65. The van der Waals surface area contributed by atoms with Crippen molar-refractivity contribution < 1.29 is 13.6 Å². The molecule has 0 unspecified atom stereocenters. The van der Waals surface area contributed by atoms with Gasteiger partial charge in [0.05, 0.1) is 5.54 Å². The topological polar surface area (TPSA) is 117 Å². The van der Waals surface area contributed by atoms with Crippen LogP contribution in [0.25, 0.3) is 0 Å². The molecule has 0 amide bonds.